The number of nitrogens with one attached hydrogen (secondary N) is 2. The third-order valence-electron chi connectivity index (χ3n) is 7.85. The highest BCUT2D eigenvalue weighted by atomic mass is 16.5. The molecule has 2 N–H and O–H groups in total. The van der Waals surface area contributed by atoms with E-state index in [1.165, 1.54) is 7.11 Å². The van der Waals surface area contributed by atoms with E-state index in [2.05, 4.69) is 29.2 Å². The van der Waals surface area contributed by atoms with Crippen LogP contribution in [0.2, 0.25) is 0 Å². The van der Waals surface area contributed by atoms with Crippen molar-refractivity contribution in [2.45, 2.75) is 83.9 Å². The van der Waals surface area contributed by atoms with Gasteiger partial charge in [-0.05, 0) is 63.7 Å². The van der Waals surface area contributed by atoms with Crippen LogP contribution < -0.4 is 10.6 Å². The van der Waals surface area contributed by atoms with Gasteiger partial charge in [0.25, 0.3) is 0 Å². The molecule has 4 unspecified atom stereocenters. The van der Waals surface area contributed by atoms with Crippen LogP contribution >= 0.6 is 0 Å². The second-order valence-electron chi connectivity index (χ2n) is 11.8. The molecule has 9 nitrogen and oxygen atoms in total. The Labute approximate surface area is 202 Å². The van der Waals surface area contributed by atoms with Crippen LogP contribution in [-0.4, -0.2) is 73.1 Å². The van der Waals surface area contributed by atoms with Gasteiger partial charge in [-0.25, -0.2) is 4.79 Å². The Morgan fingerprint density at radius 2 is 1.85 bits per heavy atom. The van der Waals surface area contributed by atoms with Crippen LogP contribution in [0.1, 0.15) is 66.7 Å². The van der Waals surface area contributed by atoms with Crippen LogP contribution in [0, 0.1) is 23.2 Å². The molecule has 2 saturated carbocycles. The first kappa shape index (κ1) is 26.4. The van der Waals surface area contributed by atoms with E-state index < -0.39 is 12.0 Å². The lowest BCUT2D eigenvalue weighted by Gasteiger charge is -2.24. The highest BCUT2D eigenvalue weighted by molar-refractivity contribution is 5.85. The lowest BCUT2D eigenvalue weighted by molar-refractivity contribution is -0.144. The fraction of sp³-hybridized carbons (Fsp3) is 0.840. The molecule has 4 rings (SSSR count). The minimum absolute atomic E-state index is 0.0103. The van der Waals surface area contributed by atoms with E-state index in [1.54, 1.807) is 0 Å². The van der Waals surface area contributed by atoms with E-state index >= 15 is 0 Å². The first-order valence-corrected chi connectivity index (χ1v) is 12.3. The number of fused-ring (bicyclic) bond motifs is 1. The monoisotopic (exact) mass is 479 g/mol. The lowest BCUT2D eigenvalue weighted by atomic mass is 9.95. The third kappa shape index (κ3) is 6.29. The van der Waals surface area contributed by atoms with Crippen molar-refractivity contribution in [2.75, 3.05) is 26.8 Å². The topological polar surface area (TPSA) is 114 Å². The van der Waals surface area contributed by atoms with E-state index in [9.17, 15) is 19.2 Å². The molecule has 2 heterocycles. The molecule has 1 spiro atoms. The summed E-state index contributed by atoms with van der Waals surface area (Å²) in [5.74, 6) is 1.00. The number of nitrogens with zero attached hydrogens (tertiary/aromatic N) is 1. The van der Waals surface area contributed by atoms with Crippen molar-refractivity contribution >= 4 is 24.2 Å². The van der Waals surface area contributed by atoms with Gasteiger partial charge in [0.2, 0.25) is 18.2 Å². The molecule has 2 aliphatic heterocycles. The van der Waals surface area contributed by atoms with Crippen molar-refractivity contribution in [3.63, 3.8) is 0 Å². The maximum absolute atomic E-state index is 12.0. The maximum atomic E-state index is 12.0. The van der Waals surface area contributed by atoms with Crippen molar-refractivity contribution in [3.05, 3.63) is 0 Å². The van der Waals surface area contributed by atoms with Crippen LogP contribution in [0.4, 0.5) is 0 Å². The number of likely N-dealkylation sites (tertiary alicyclic amines) is 1. The molecular formula is C25H41N3O6. The molecule has 34 heavy (non-hydrogen) atoms. The highest BCUT2D eigenvalue weighted by Gasteiger charge is 2.62. The van der Waals surface area contributed by atoms with Crippen molar-refractivity contribution in [1.29, 1.82) is 0 Å². The Balaban J connectivity index is 0.000000191. The molecule has 4 atom stereocenters. The summed E-state index contributed by atoms with van der Waals surface area (Å²) in [6, 6.07) is -0.734. The second kappa shape index (κ2) is 9.84. The molecule has 4 fully saturated rings. The number of esters is 1. The van der Waals surface area contributed by atoms with Gasteiger partial charge in [-0.15, -0.1) is 0 Å². The van der Waals surface area contributed by atoms with Crippen LogP contribution in [0.5, 0.6) is 0 Å². The molecule has 4 aliphatic rings. The zero-order chi connectivity index (χ0) is 25.3. The highest BCUT2D eigenvalue weighted by Crippen LogP contribution is 2.61. The van der Waals surface area contributed by atoms with Crippen LogP contribution in [0.3, 0.4) is 0 Å². The zero-order valence-corrected chi connectivity index (χ0v) is 21.4. The van der Waals surface area contributed by atoms with E-state index in [1.807, 2.05) is 25.7 Å². The number of amides is 3. The van der Waals surface area contributed by atoms with Crippen molar-refractivity contribution < 1.29 is 28.7 Å². The Bertz CT molecular complexity index is 787. The number of rotatable bonds is 8. The van der Waals surface area contributed by atoms with Gasteiger partial charge >= 0.3 is 5.97 Å². The maximum Gasteiger partial charge on any atom is 0.328 e. The smallest absolute Gasteiger partial charge is 0.328 e. The molecule has 3 amide bonds. The number of carbonyl (C=O) groups excluding carboxylic acids is 4. The van der Waals surface area contributed by atoms with Crippen molar-refractivity contribution in [2.24, 2.45) is 23.2 Å². The van der Waals surface area contributed by atoms with Gasteiger partial charge in [0.05, 0.1) is 25.7 Å². The molecule has 0 radical (unpaired) electrons. The van der Waals surface area contributed by atoms with E-state index in [-0.39, 0.29) is 28.9 Å². The lowest BCUT2D eigenvalue weighted by Crippen LogP contribution is -2.39. The molecule has 9 heteroatoms. The molecular weight excluding hydrogens is 438 g/mol. The van der Waals surface area contributed by atoms with Gasteiger partial charge in [-0.2, -0.15) is 0 Å². The molecule has 2 saturated heterocycles. The first-order valence-electron chi connectivity index (χ1n) is 12.3. The molecule has 2 aliphatic carbocycles. The number of hydrogen-bond acceptors (Lipinski definition) is 6. The largest absolute Gasteiger partial charge is 0.467 e. The minimum Gasteiger partial charge on any atom is -0.467 e. The number of hydrogen-bond donors (Lipinski definition) is 2. The van der Waals surface area contributed by atoms with E-state index in [4.69, 9.17) is 4.74 Å². The average Bonchev–Trinajstić information content (AvgIpc) is 3.43. The second-order valence-corrected chi connectivity index (χ2v) is 11.8. The van der Waals surface area contributed by atoms with Gasteiger partial charge in [0.15, 0.2) is 0 Å². The molecule has 0 aromatic heterocycles. The molecule has 0 aromatic rings. The van der Waals surface area contributed by atoms with Crippen molar-refractivity contribution in [1.82, 2.24) is 15.5 Å². The van der Waals surface area contributed by atoms with Gasteiger partial charge in [0.1, 0.15) is 6.04 Å². The van der Waals surface area contributed by atoms with E-state index in [0.717, 1.165) is 44.2 Å². The number of carbonyl (C=O) groups is 4. The average molecular weight is 480 g/mol. The summed E-state index contributed by atoms with van der Waals surface area (Å²) in [6.45, 7) is 13.1. The summed E-state index contributed by atoms with van der Waals surface area (Å²) in [5.41, 5.74) is 0.331. The summed E-state index contributed by atoms with van der Waals surface area (Å²) >= 11 is 0. The summed E-state index contributed by atoms with van der Waals surface area (Å²) in [4.78, 5) is 47.5. The first-order chi connectivity index (χ1) is 15.8. The summed E-state index contributed by atoms with van der Waals surface area (Å²) in [5, 5.41) is 5.34. The molecule has 192 valence electrons. The van der Waals surface area contributed by atoms with Crippen LogP contribution in [-0.2, 0) is 28.7 Å². The van der Waals surface area contributed by atoms with Gasteiger partial charge in [-0.3, -0.25) is 14.4 Å². The Morgan fingerprint density at radius 1 is 1.24 bits per heavy atom. The van der Waals surface area contributed by atoms with Gasteiger partial charge in [-0.1, -0.05) is 13.8 Å². The Hall–Kier alpha value is -2.16. The van der Waals surface area contributed by atoms with Crippen LogP contribution in [0.25, 0.3) is 0 Å². The fourth-order valence-corrected chi connectivity index (χ4v) is 5.33. The summed E-state index contributed by atoms with van der Waals surface area (Å²) in [7, 11) is 1.26. The van der Waals surface area contributed by atoms with Gasteiger partial charge < -0.3 is 25.0 Å². The Kier molecular flexibility index (Phi) is 7.65. The van der Waals surface area contributed by atoms with Gasteiger partial charge in [0, 0.05) is 24.5 Å². The zero-order valence-electron chi connectivity index (χ0n) is 21.4. The van der Waals surface area contributed by atoms with E-state index in [0.29, 0.717) is 31.3 Å². The van der Waals surface area contributed by atoms with Crippen LogP contribution in [0.15, 0.2) is 0 Å². The predicted octanol–water partition coefficient (Wildman–Crippen LogP) is 1.64. The number of piperidine rings is 1. The third-order valence-corrected chi connectivity index (χ3v) is 7.85. The standard InChI is InChI=1S/C14H25NO2.C11H16N2O4/c1-13(2,3)17-7-6-12(16)15-8-10-11(9-15)14(10,4)5;1-17-10(16)8(12-6-14)4-7-5-11(2-3-11)13-9(7)15/h10-11H,6-9H2,1-5H3;6-8H,2-5H2,1H3,(H,12,14)(H,13,15). The normalized spacial score (nSPS) is 28.2. The SMILES string of the molecule is CC(C)(C)OCCC(=O)N1CC2C(C1)C2(C)C.COC(=O)C(CC1CC2(CC2)NC1=O)NC=O. The number of methoxy groups -OCH3 is 1. The predicted molar refractivity (Wildman–Crippen MR) is 125 cm³/mol. The fourth-order valence-electron chi connectivity index (χ4n) is 5.33. The minimum atomic E-state index is -0.734. The summed E-state index contributed by atoms with van der Waals surface area (Å²) in [6.07, 6.45) is 4.07. The molecule has 0 aromatic carbocycles. The summed E-state index contributed by atoms with van der Waals surface area (Å²) < 4.78 is 10.2. The Morgan fingerprint density at radius 3 is 2.32 bits per heavy atom. The quantitative estimate of drug-likeness (QED) is 0.404. The number of ether oxygens (including phenoxy) is 2. The molecule has 0 bridgehead atoms. The van der Waals surface area contributed by atoms with Crippen molar-refractivity contribution in [3.8, 4) is 0 Å².